The lowest BCUT2D eigenvalue weighted by atomic mass is 10.0. The maximum atomic E-state index is 13.5. The van der Waals surface area contributed by atoms with Crippen molar-refractivity contribution in [3.05, 3.63) is 65.2 Å². The minimum absolute atomic E-state index is 0.112. The van der Waals surface area contributed by atoms with Crippen molar-refractivity contribution in [2.45, 2.75) is 65.3 Å². The van der Waals surface area contributed by atoms with Crippen LogP contribution < -0.4 is 10.6 Å². The summed E-state index contributed by atoms with van der Waals surface area (Å²) in [4.78, 5) is 40.7. The van der Waals surface area contributed by atoms with E-state index < -0.39 is 17.7 Å². The second-order valence-electron chi connectivity index (χ2n) is 10.1. The average molecular weight is 482 g/mol. The highest BCUT2D eigenvalue weighted by molar-refractivity contribution is 5.91. The van der Waals surface area contributed by atoms with Crippen LogP contribution in [0.15, 0.2) is 48.5 Å². The normalized spacial score (nSPS) is 17.7. The van der Waals surface area contributed by atoms with Crippen LogP contribution in [-0.2, 0) is 20.9 Å². The number of nitrogens with zero attached hydrogens (tertiary/aromatic N) is 1. The Morgan fingerprint density at radius 3 is 2.34 bits per heavy atom. The van der Waals surface area contributed by atoms with E-state index in [9.17, 15) is 19.5 Å². The van der Waals surface area contributed by atoms with Gasteiger partial charge in [-0.2, -0.15) is 0 Å². The SMILES string of the molecule is Cc1cc(C(C(=O)NCc2ccccc2)N(C(=O)CNC(=O)OC(C)(C)C)C2CC2C)ccc1O. The summed E-state index contributed by atoms with van der Waals surface area (Å²) in [5, 5.41) is 15.5. The molecule has 35 heavy (non-hydrogen) atoms. The third-order valence-electron chi connectivity index (χ3n) is 5.87. The van der Waals surface area contributed by atoms with Gasteiger partial charge in [-0.1, -0.05) is 43.3 Å². The third-order valence-corrected chi connectivity index (χ3v) is 5.87. The topological polar surface area (TPSA) is 108 Å². The van der Waals surface area contributed by atoms with Gasteiger partial charge in [0.15, 0.2) is 0 Å². The molecule has 0 bridgehead atoms. The second-order valence-corrected chi connectivity index (χ2v) is 10.1. The molecule has 0 aliphatic heterocycles. The number of alkyl carbamates (subject to hydrolysis) is 1. The fraction of sp³-hybridized carbons (Fsp3) is 0.444. The van der Waals surface area contributed by atoms with Crippen LogP contribution >= 0.6 is 0 Å². The number of hydrogen-bond acceptors (Lipinski definition) is 5. The largest absolute Gasteiger partial charge is 0.508 e. The summed E-state index contributed by atoms with van der Waals surface area (Å²) in [5.74, 6) is -0.371. The number of hydrogen-bond donors (Lipinski definition) is 3. The summed E-state index contributed by atoms with van der Waals surface area (Å²) in [6.07, 6.45) is 0.0674. The first-order valence-electron chi connectivity index (χ1n) is 11.9. The lowest BCUT2D eigenvalue weighted by Gasteiger charge is -2.32. The van der Waals surface area contributed by atoms with E-state index in [-0.39, 0.29) is 36.1 Å². The van der Waals surface area contributed by atoms with Crippen molar-refractivity contribution >= 4 is 17.9 Å². The smallest absolute Gasteiger partial charge is 0.408 e. The monoisotopic (exact) mass is 481 g/mol. The zero-order valence-electron chi connectivity index (χ0n) is 21.0. The van der Waals surface area contributed by atoms with Gasteiger partial charge >= 0.3 is 6.09 Å². The number of benzene rings is 2. The molecule has 2 aromatic rings. The molecule has 0 radical (unpaired) electrons. The van der Waals surface area contributed by atoms with Crippen LogP contribution in [0.2, 0.25) is 0 Å². The molecule has 3 amide bonds. The van der Waals surface area contributed by atoms with E-state index in [2.05, 4.69) is 10.6 Å². The highest BCUT2D eigenvalue weighted by Crippen LogP contribution is 2.40. The van der Waals surface area contributed by atoms with Gasteiger partial charge in [0.25, 0.3) is 0 Å². The third kappa shape index (κ3) is 7.21. The van der Waals surface area contributed by atoms with Crippen molar-refractivity contribution in [1.82, 2.24) is 15.5 Å². The van der Waals surface area contributed by atoms with Crippen molar-refractivity contribution in [3.63, 3.8) is 0 Å². The molecular formula is C27H35N3O5. The van der Waals surface area contributed by atoms with E-state index in [0.717, 1.165) is 12.0 Å². The molecule has 0 spiro atoms. The Balaban J connectivity index is 1.86. The van der Waals surface area contributed by atoms with Crippen LogP contribution in [0.1, 0.15) is 56.8 Å². The predicted octanol–water partition coefficient (Wildman–Crippen LogP) is 3.82. The van der Waals surface area contributed by atoms with E-state index in [0.29, 0.717) is 17.7 Å². The van der Waals surface area contributed by atoms with Crippen molar-refractivity contribution in [2.75, 3.05) is 6.54 Å². The number of nitrogens with one attached hydrogen (secondary N) is 2. The van der Waals surface area contributed by atoms with Crippen molar-refractivity contribution in [2.24, 2.45) is 5.92 Å². The number of aromatic hydroxyl groups is 1. The van der Waals surface area contributed by atoms with Crippen LogP contribution in [0, 0.1) is 12.8 Å². The van der Waals surface area contributed by atoms with Gasteiger partial charge in [-0.3, -0.25) is 9.59 Å². The summed E-state index contributed by atoms with van der Waals surface area (Å²) < 4.78 is 5.25. The quantitative estimate of drug-likeness (QED) is 0.531. The van der Waals surface area contributed by atoms with E-state index >= 15 is 0 Å². The number of aryl methyl sites for hydroxylation is 1. The van der Waals surface area contributed by atoms with Gasteiger partial charge in [0, 0.05) is 12.6 Å². The minimum Gasteiger partial charge on any atom is -0.508 e. The number of ether oxygens (including phenoxy) is 1. The van der Waals surface area contributed by atoms with Crippen molar-refractivity contribution in [1.29, 1.82) is 0 Å². The lowest BCUT2D eigenvalue weighted by molar-refractivity contribution is -0.141. The number of phenols is 1. The van der Waals surface area contributed by atoms with E-state index in [1.54, 1.807) is 44.7 Å². The Hall–Kier alpha value is -3.55. The molecular weight excluding hydrogens is 446 g/mol. The van der Waals surface area contributed by atoms with E-state index in [1.165, 1.54) is 6.07 Å². The molecule has 8 nitrogen and oxygen atoms in total. The molecule has 0 saturated heterocycles. The Morgan fingerprint density at radius 2 is 1.77 bits per heavy atom. The Bertz CT molecular complexity index is 1060. The first-order valence-corrected chi connectivity index (χ1v) is 11.9. The molecule has 2 aromatic carbocycles. The Kier molecular flexibility index (Phi) is 8.04. The highest BCUT2D eigenvalue weighted by Gasteiger charge is 2.46. The Morgan fingerprint density at radius 1 is 1.11 bits per heavy atom. The highest BCUT2D eigenvalue weighted by atomic mass is 16.6. The lowest BCUT2D eigenvalue weighted by Crippen LogP contribution is -2.49. The zero-order chi connectivity index (χ0) is 25.8. The number of amides is 3. The first kappa shape index (κ1) is 26.1. The van der Waals surface area contributed by atoms with E-state index in [1.807, 2.05) is 37.3 Å². The summed E-state index contributed by atoms with van der Waals surface area (Å²) in [5.41, 5.74) is 1.44. The van der Waals surface area contributed by atoms with Crippen LogP contribution in [-0.4, -0.2) is 46.1 Å². The maximum absolute atomic E-state index is 13.5. The summed E-state index contributed by atoms with van der Waals surface area (Å²) >= 11 is 0. The summed E-state index contributed by atoms with van der Waals surface area (Å²) in [6.45, 7) is 9.01. The standard InChI is InChI=1S/C27H35N3O5/c1-17-14-21(17)30(23(32)16-29-26(34)35-27(3,4)5)24(20-11-12-22(31)18(2)13-20)25(33)28-15-19-9-7-6-8-10-19/h6-13,17,21,24,31H,14-16H2,1-5H3,(H,28,33)(H,29,34). The van der Waals surface area contributed by atoms with Gasteiger partial charge in [0.05, 0.1) is 0 Å². The minimum atomic E-state index is -0.916. The first-order chi connectivity index (χ1) is 16.5. The molecule has 0 aromatic heterocycles. The number of rotatable bonds is 8. The van der Waals surface area contributed by atoms with E-state index in [4.69, 9.17) is 4.74 Å². The molecule has 1 fully saturated rings. The number of carbonyl (C=O) groups excluding carboxylic acids is 3. The van der Waals surface area contributed by atoms with Gasteiger partial charge in [0.2, 0.25) is 11.8 Å². The molecule has 3 N–H and O–H groups in total. The molecule has 3 rings (SSSR count). The van der Waals surface area contributed by atoms with Crippen LogP contribution in [0.4, 0.5) is 4.79 Å². The van der Waals surface area contributed by atoms with Gasteiger partial charge in [0.1, 0.15) is 23.9 Å². The second kappa shape index (κ2) is 10.8. The van der Waals surface area contributed by atoms with Crippen molar-refractivity contribution < 1.29 is 24.2 Å². The molecule has 1 saturated carbocycles. The fourth-order valence-electron chi connectivity index (χ4n) is 3.93. The van der Waals surface area contributed by atoms with Crippen LogP contribution in [0.3, 0.4) is 0 Å². The van der Waals surface area contributed by atoms with Gasteiger partial charge in [-0.05, 0) is 68.9 Å². The molecule has 3 atom stereocenters. The van der Waals surface area contributed by atoms with Gasteiger partial charge < -0.3 is 25.4 Å². The molecule has 0 heterocycles. The molecule has 1 aliphatic rings. The summed E-state index contributed by atoms with van der Waals surface area (Å²) in [6, 6.07) is 13.4. The molecule has 1 aliphatic carbocycles. The average Bonchev–Trinajstić information content (AvgIpc) is 3.51. The van der Waals surface area contributed by atoms with Crippen molar-refractivity contribution in [3.8, 4) is 5.75 Å². The number of phenolic OH excluding ortho intramolecular Hbond substituents is 1. The summed E-state index contributed by atoms with van der Waals surface area (Å²) in [7, 11) is 0. The molecule has 8 heteroatoms. The van der Waals surface area contributed by atoms with Gasteiger partial charge in [-0.25, -0.2) is 4.79 Å². The van der Waals surface area contributed by atoms with Crippen LogP contribution in [0.5, 0.6) is 5.75 Å². The fourth-order valence-corrected chi connectivity index (χ4v) is 3.93. The zero-order valence-corrected chi connectivity index (χ0v) is 21.0. The molecule has 188 valence electrons. The molecule has 3 unspecified atom stereocenters. The predicted molar refractivity (Wildman–Crippen MR) is 133 cm³/mol. The Labute approximate surface area is 206 Å². The van der Waals surface area contributed by atoms with Gasteiger partial charge in [-0.15, -0.1) is 0 Å². The van der Waals surface area contributed by atoms with Crippen LogP contribution in [0.25, 0.3) is 0 Å². The number of carbonyl (C=O) groups is 3. The maximum Gasteiger partial charge on any atom is 0.408 e.